The highest BCUT2D eigenvalue weighted by Gasteiger charge is 2.25. The first-order chi connectivity index (χ1) is 9.29. The van der Waals surface area contributed by atoms with E-state index in [1.807, 2.05) is 0 Å². The summed E-state index contributed by atoms with van der Waals surface area (Å²) in [7, 11) is 0. The zero-order chi connectivity index (χ0) is 13.5. The Labute approximate surface area is 117 Å². The standard InChI is InChI=1S/C17H27NO/c1-2-16-14-18(13-11-17(16)19)12-7-6-10-15-8-4-3-5-9-15/h3-5,8-9,16-17,19H,2,6-7,10-14H2,1H3. The minimum atomic E-state index is -0.0643. The van der Waals surface area contributed by atoms with Gasteiger partial charge in [0.1, 0.15) is 0 Å². The number of aliphatic hydroxyl groups is 1. The van der Waals surface area contributed by atoms with E-state index in [2.05, 4.69) is 42.2 Å². The van der Waals surface area contributed by atoms with Crippen molar-refractivity contribution in [3.05, 3.63) is 35.9 Å². The number of piperidine rings is 1. The van der Waals surface area contributed by atoms with Crippen LogP contribution < -0.4 is 0 Å². The van der Waals surface area contributed by atoms with Crippen LogP contribution in [0.1, 0.15) is 38.2 Å². The third-order valence-electron chi connectivity index (χ3n) is 4.33. The molecular formula is C17H27NO. The van der Waals surface area contributed by atoms with Crippen LogP contribution in [0.5, 0.6) is 0 Å². The number of rotatable bonds is 6. The minimum absolute atomic E-state index is 0.0643. The van der Waals surface area contributed by atoms with Crippen LogP contribution in [-0.4, -0.2) is 35.7 Å². The molecule has 0 bridgehead atoms. The smallest absolute Gasteiger partial charge is 0.0592 e. The minimum Gasteiger partial charge on any atom is -0.393 e. The normalized spacial score (nSPS) is 24.5. The van der Waals surface area contributed by atoms with E-state index < -0.39 is 0 Å². The van der Waals surface area contributed by atoms with Crippen LogP contribution in [0.4, 0.5) is 0 Å². The SMILES string of the molecule is CCC1CN(CCCCc2ccccc2)CCC1O. The Morgan fingerprint density at radius 2 is 2.00 bits per heavy atom. The largest absolute Gasteiger partial charge is 0.393 e. The maximum absolute atomic E-state index is 9.88. The highest BCUT2D eigenvalue weighted by molar-refractivity contribution is 5.14. The maximum atomic E-state index is 9.88. The molecule has 1 fully saturated rings. The molecule has 2 rings (SSSR count). The fourth-order valence-corrected chi connectivity index (χ4v) is 3.01. The summed E-state index contributed by atoms with van der Waals surface area (Å²) in [6.45, 7) is 5.54. The average molecular weight is 261 g/mol. The lowest BCUT2D eigenvalue weighted by Crippen LogP contribution is -2.43. The molecule has 2 atom stereocenters. The predicted molar refractivity (Wildman–Crippen MR) is 80.2 cm³/mol. The molecule has 2 nitrogen and oxygen atoms in total. The number of likely N-dealkylation sites (tertiary alicyclic amines) is 1. The third kappa shape index (κ3) is 4.63. The molecule has 0 aliphatic carbocycles. The highest BCUT2D eigenvalue weighted by Crippen LogP contribution is 2.20. The Bertz CT molecular complexity index is 352. The second kappa shape index (κ2) is 7.66. The van der Waals surface area contributed by atoms with Gasteiger partial charge in [0.2, 0.25) is 0 Å². The van der Waals surface area contributed by atoms with Crippen molar-refractivity contribution in [3.63, 3.8) is 0 Å². The van der Waals surface area contributed by atoms with E-state index in [-0.39, 0.29) is 6.10 Å². The number of aliphatic hydroxyl groups excluding tert-OH is 1. The molecule has 1 aliphatic rings. The van der Waals surface area contributed by atoms with Gasteiger partial charge in [0.25, 0.3) is 0 Å². The van der Waals surface area contributed by atoms with Gasteiger partial charge in [-0.15, -0.1) is 0 Å². The number of benzene rings is 1. The van der Waals surface area contributed by atoms with Crippen molar-refractivity contribution >= 4 is 0 Å². The predicted octanol–water partition coefficient (Wildman–Crippen LogP) is 3.10. The van der Waals surface area contributed by atoms with E-state index >= 15 is 0 Å². The molecule has 1 N–H and O–H groups in total. The number of hydrogen-bond acceptors (Lipinski definition) is 2. The number of nitrogens with zero attached hydrogens (tertiary/aromatic N) is 1. The number of unbranched alkanes of at least 4 members (excludes halogenated alkanes) is 1. The molecule has 0 spiro atoms. The molecule has 0 amide bonds. The lowest BCUT2D eigenvalue weighted by molar-refractivity contribution is 0.0247. The first-order valence-electron chi connectivity index (χ1n) is 7.74. The Morgan fingerprint density at radius 1 is 1.21 bits per heavy atom. The fraction of sp³-hybridized carbons (Fsp3) is 0.647. The molecule has 2 unspecified atom stereocenters. The van der Waals surface area contributed by atoms with Crippen molar-refractivity contribution < 1.29 is 5.11 Å². The first kappa shape index (κ1) is 14.5. The summed E-state index contributed by atoms with van der Waals surface area (Å²) in [5.74, 6) is 0.489. The zero-order valence-electron chi connectivity index (χ0n) is 12.1. The van der Waals surface area contributed by atoms with Gasteiger partial charge >= 0.3 is 0 Å². The Morgan fingerprint density at radius 3 is 2.74 bits per heavy atom. The summed E-state index contributed by atoms with van der Waals surface area (Å²) < 4.78 is 0. The summed E-state index contributed by atoms with van der Waals surface area (Å²) in [6.07, 6.45) is 5.71. The maximum Gasteiger partial charge on any atom is 0.0592 e. The highest BCUT2D eigenvalue weighted by atomic mass is 16.3. The van der Waals surface area contributed by atoms with E-state index in [1.165, 1.54) is 31.4 Å². The lowest BCUT2D eigenvalue weighted by atomic mass is 9.92. The molecule has 0 aromatic heterocycles. The Balaban J connectivity index is 1.63. The van der Waals surface area contributed by atoms with Crippen molar-refractivity contribution in [2.45, 2.75) is 45.1 Å². The van der Waals surface area contributed by atoms with Crippen molar-refractivity contribution in [2.75, 3.05) is 19.6 Å². The average Bonchev–Trinajstić information content (AvgIpc) is 2.46. The van der Waals surface area contributed by atoms with Crippen LogP contribution in [0, 0.1) is 5.92 Å². The topological polar surface area (TPSA) is 23.5 Å². The van der Waals surface area contributed by atoms with Gasteiger partial charge in [0.05, 0.1) is 6.10 Å². The molecule has 19 heavy (non-hydrogen) atoms. The molecule has 1 aliphatic heterocycles. The molecular weight excluding hydrogens is 234 g/mol. The summed E-state index contributed by atoms with van der Waals surface area (Å²) in [5.41, 5.74) is 1.45. The molecule has 1 aromatic carbocycles. The monoisotopic (exact) mass is 261 g/mol. The van der Waals surface area contributed by atoms with Gasteiger partial charge in [-0.25, -0.2) is 0 Å². The second-order valence-corrected chi connectivity index (χ2v) is 5.77. The summed E-state index contributed by atoms with van der Waals surface area (Å²) in [5, 5.41) is 9.88. The van der Waals surface area contributed by atoms with Gasteiger partial charge in [0, 0.05) is 13.1 Å². The van der Waals surface area contributed by atoms with E-state index in [9.17, 15) is 5.11 Å². The van der Waals surface area contributed by atoms with Crippen molar-refractivity contribution in [2.24, 2.45) is 5.92 Å². The molecule has 106 valence electrons. The molecule has 2 heteroatoms. The second-order valence-electron chi connectivity index (χ2n) is 5.77. The molecule has 1 saturated heterocycles. The third-order valence-corrected chi connectivity index (χ3v) is 4.33. The van der Waals surface area contributed by atoms with Crippen LogP contribution in [0.2, 0.25) is 0 Å². The van der Waals surface area contributed by atoms with Gasteiger partial charge in [0.15, 0.2) is 0 Å². The van der Waals surface area contributed by atoms with Gasteiger partial charge in [-0.3, -0.25) is 0 Å². The van der Waals surface area contributed by atoms with E-state index in [0.29, 0.717) is 5.92 Å². The molecule has 0 saturated carbocycles. The summed E-state index contributed by atoms with van der Waals surface area (Å²) >= 11 is 0. The van der Waals surface area contributed by atoms with Gasteiger partial charge in [-0.2, -0.15) is 0 Å². The lowest BCUT2D eigenvalue weighted by Gasteiger charge is -2.35. The van der Waals surface area contributed by atoms with Gasteiger partial charge < -0.3 is 10.0 Å². The summed E-state index contributed by atoms with van der Waals surface area (Å²) in [4.78, 5) is 2.53. The van der Waals surface area contributed by atoms with Crippen LogP contribution in [0.3, 0.4) is 0 Å². The molecule has 0 radical (unpaired) electrons. The van der Waals surface area contributed by atoms with Gasteiger partial charge in [-0.05, 0) is 50.1 Å². The van der Waals surface area contributed by atoms with E-state index in [4.69, 9.17) is 0 Å². The zero-order valence-corrected chi connectivity index (χ0v) is 12.1. The number of hydrogen-bond donors (Lipinski definition) is 1. The molecule has 1 heterocycles. The van der Waals surface area contributed by atoms with Crippen molar-refractivity contribution in [3.8, 4) is 0 Å². The number of aryl methyl sites for hydroxylation is 1. The van der Waals surface area contributed by atoms with Crippen LogP contribution in [-0.2, 0) is 6.42 Å². The van der Waals surface area contributed by atoms with E-state index in [0.717, 1.165) is 25.9 Å². The first-order valence-corrected chi connectivity index (χ1v) is 7.74. The quantitative estimate of drug-likeness (QED) is 0.795. The Kier molecular flexibility index (Phi) is 5.87. The van der Waals surface area contributed by atoms with Crippen LogP contribution in [0.15, 0.2) is 30.3 Å². The van der Waals surface area contributed by atoms with Crippen LogP contribution >= 0.6 is 0 Å². The summed E-state index contributed by atoms with van der Waals surface area (Å²) in [6, 6.07) is 10.7. The van der Waals surface area contributed by atoms with Crippen LogP contribution in [0.25, 0.3) is 0 Å². The Hall–Kier alpha value is -0.860. The van der Waals surface area contributed by atoms with E-state index in [1.54, 1.807) is 0 Å². The fourth-order valence-electron chi connectivity index (χ4n) is 3.01. The van der Waals surface area contributed by atoms with Crippen molar-refractivity contribution in [1.82, 2.24) is 4.90 Å². The molecule has 1 aromatic rings. The van der Waals surface area contributed by atoms with Crippen molar-refractivity contribution in [1.29, 1.82) is 0 Å². The van der Waals surface area contributed by atoms with Gasteiger partial charge in [-0.1, -0.05) is 37.3 Å².